The second kappa shape index (κ2) is 7.68. The van der Waals surface area contributed by atoms with Crippen molar-refractivity contribution < 1.29 is 28.7 Å². The Labute approximate surface area is 165 Å². The van der Waals surface area contributed by atoms with Gasteiger partial charge in [0.1, 0.15) is 11.7 Å². The van der Waals surface area contributed by atoms with Crippen LogP contribution in [0, 0.1) is 11.3 Å². The molecule has 3 aliphatic rings. The average Bonchev–Trinajstić information content (AvgIpc) is 2.88. The van der Waals surface area contributed by atoms with E-state index < -0.39 is 23.1 Å². The number of hydrogen-bond acceptors (Lipinski definition) is 6. The Balaban J connectivity index is 2.03. The Hall–Kier alpha value is -2.18. The number of esters is 2. The number of carbonyl (C=O) groups is 4. The highest BCUT2D eigenvalue weighted by Gasteiger charge is 2.62. The van der Waals surface area contributed by atoms with E-state index in [-0.39, 0.29) is 17.7 Å². The minimum absolute atomic E-state index is 0.0588. The van der Waals surface area contributed by atoms with E-state index in [0.29, 0.717) is 45.2 Å². The zero-order valence-corrected chi connectivity index (χ0v) is 16.9. The molecule has 28 heavy (non-hydrogen) atoms. The molecule has 0 aromatic rings. The molecule has 2 fully saturated rings. The van der Waals surface area contributed by atoms with Gasteiger partial charge in [0.2, 0.25) is 6.41 Å². The molecule has 4 atom stereocenters. The van der Waals surface area contributed by atoms with Gasteiger partial charge in [-0.2, -0.15) is 0 Å². The first-order valence-electron chi connectivity index (χ1n) is 10.0. The molecule has 0 N–H and O–H groups in total. The van der Waals surface area contributed by atoms with E-state index in [2.05, 4.69) is 0 Å². The molecule has 0 aromatic carbocycles. The number of carbonyl (C=O) groups excluding carboxylic acids is 4. The third kappa shape index (κ3) is 3.71. The van der Waals surface area contributed by atoms with Crippen molar-refractivity contribution in [3.8, 4) is 0 Å². The lowest BCUT2D eigenvalue weighted by Crippen LogP contribution is -2.54. The standard InChI is InChI=1S/C21H29NO6/c1-14(24)27-19-12-20(3,28-15(2)25)11-16-10-18(26)17-6-4-8-22(13-23)9-5-7-21(16,17)19/h6,13,16,19H,4-5,7-12H2,1-3H3/b17-6-/t16-,19+,20+,21+/m1/s1. The van der Waals surface area contributed by atoms with Gasteiger partial charge >= 0.3 is 11.9 Å². The molecule has 7 nitrogen and oxygen atoms in total. The van der Waals surface area contributed by atoms with E-state index in [0.717, 1.165) is 18.4 Å². The summed E-state index contributed by atoms with van der Waals surface area (Å²) in [5.41, 5.74) is -0.604. The normalized spacial score (nSPS) is 37.3. The van der Waals surface area contributed by atoms with Crippen LogP contribution in [0.25, 0.3) is 0 Å². The Kier molecular flexibility index (Phi) is 5.64. The average molecular weight is 391 g/mol. The minimum Gasteiger partial charge on any atom is -0.461 e. The molecule has 0 unspecified atom stereocenters. The highest BCUT2D eigenvalue weighted by atomic mass is 16.6. The predicted octanol–water partition coefficient (Wildman–Crippen LogP) is 2.18. The first-order chi connectivity index (χ1) is 13.2. The van der Waals surface area contributed by atoms with Crippen LogP contribution in [0.1, 0.15) is 59.3 Å². The van der Waals surface area contributed by atoms with Crippen molar-refractivity contribution >= 4 is 24.1 Å². The quantitative estimate of drug-likeness (QED) is 0.541. The molecule has 0 bridgehead atoms. The third-order valence-electron chi connectivity index (χ3n) is 6.48. The summed E-state index contributed by atoms with van der Waals surface area (Å²) in [6.07, 6.45) is 5.53. The van der Waals surface area contributed by atoms with Crippen LogP contribution in [-0.4, -0.2) is 53.8 Å². The summed E-state index contributed by atoms with van der Waals surface area (Å²) in [5, 5.41) is 0. The van der Waals surface area contributed by atoms with E-state index >= 15 is 0 Å². The lowest BCUT2D eigenvalue weighted by Gasteiger charge is -2.51. The van der Waals surface area contributed by atoms with Crippen molar-refractivity contribution in [2.75, 3.05) is 13.1 Å². The zero-order chi connectivity index (χ0) is 20.5. The summed E-state index contributed by atoms with van der Waals surface area (Å²) in [6, 6.07) is 0. The zero-order valence-electron chi connectivity index (χ0n) is 16.9. The second-order valence-electron chi connectivity index (χ2n) is 8.57. The van der Waals surface area contributed by atoms with Crippen LogP contribution >= 0.6 is 0 Å². The highest BCUT2D eigenvalue weighted by molar-refractivity contribution is 6.00. The number of nitrogens with zero attached hydrogens (tertiary/aromatic N) is 1. The van der Waals surface area contributed by atoms with Crippen LogP contribution in [0.5, 0.6) is 0 Å². The van der Waals surface area contributed by atoms with Crippen molar-refractivity contribution in [3.05, 3.63) is 11.6 Å². The minimum atomic E-state index is -0.773. The molecule has 2 aliphatic carbocycles. The first kappa shape index (κ1) is 20.6. The van der Waals surface area contributed by atoms with Gasteiger partial charge in [-0.25, -0.2) is 0 Å². The van der Waals surface area contributed by atoms with Crippen LogP contribution in [0.2, 0.25) is 0 Å². The van der Waals surface area contributed by atoms with Crippen LogP contribution in [0.15, 0.2) is 11.6 Å². The summed E-state index contributed by atoms with van der Waals surface area (Å²) < 4.78 is 11.4. The van der Waals surface area contributed by atoms with Gasteiger partial charge in [-0.05, 0) is 38.5 Å². The van der Waals surface area contributed by atoms with Gasteiger partial charge in [0.05, 0.1) is 0 Å². The molecule has 2 saturated carbocycles. The van der Waals surface area contributed by atoms with Crippen molar-refractivity contribution in [2.24, 2.45) is 11.3 Å². The Morgan fingerprint density at radius 3 is 2.61 bits per heavy atom. The smallest absolute Gasteiger partial charge is 0.303 e. The maximum Gasteiger partial charge on any atom is 0.303 e. The number of ether oxygens (including phenoxy) is 2. The monoisotopic (exact) mass is 391 g/mol. The van der Waals surface area contributed by atoms with E-state index in [4.69, 9.17) is 9.47 Å². The molecule has 1 amide bonds. The molecule has 0 radical (unpaired) electrons. The first-order valence-corrected chi connectivity index (χ1v) is 10.0. The molecule has 3 rings (SSSR count). The fraction of sp³-hybridized carbons (Fsp3) is 0.714. The van der Waals surface area contributed by atoms with Crippen molar-refractivity contribution in [1.29, 1.82) is 0 Å². The van der Waals surface area contributed by atoms with Gasteiger partial charge in [0.25, 0.3) is 0 Å². The van der Waals surface area contributed by atoms with Crippen LogP contribution in [-0.2, 0) is 28.7 Å². The molecule has 0 saturated heterocycles. The fourth-order valence-corrected chi connectivity index (χ4v) is 5.61. The largest absolute Gasteiger partial charge is 0.461 e. The van der Waals surface area contributed by atoms with E-state index in [9.17, 15) is 19.2 Å². The van der Waals surface area contributed by atoms with Gasteiger partial charge in [-0.1, -0.05) is 6.08 Å². The van der Waals surface area contributed by atoms with Crippen molar-refractivity contribution in [1.82, 2.24) is 4.90 Å². The Morgan fingerprint density at radius 2 is 1.96 bits per heavy atom. The number of hydrogen-bond donors (Lipinski definition) is 0. The lowest BCUT2D eigenvalue weighted by molar-refractivity contribution is -0.185. The van der Waals surface area contributed by atoms with Crippen LogP contribution < -0.4 is 0 Å². The van der Waals surface area contributed by atoms with E-state index in [1.807, 2.05) is 13.0 Å². The Bertz CT molecular complexity index is 716. The third-order valence-corrected chi connectivity index (χ3v) is 6.48. The highest BCUT2D eigenvalue weighted by Crippen LogP contribution is 2.60. The fourth-order valence-electron chi connectivity index (χ4n) is 5.61. The number of rotatable bonds is 3. The summed E-state index contributed by atoms with van der Waals surface area (Å²) in [5.74, 6) is -0.764. The number of Topliss-reactive ketones (excluding diaryl/α,β-unsaturated/α-hetero) is 1. The summed E-state index contributed by atoms with van der Waals surface area (Å²) in [6.45, 7) is 5.78. The van der Waals surface area contributed by atoms with E-state index in [1.54, 1.807) is 4.90 Å². The maximum atomic E-state index is 13.0. The molecule has 154 valence electrons. The van der Waals surface area contributed by atoms with Crippen molar-refractivity contribution in [3.63, 3.8) is 0 Å². The van der Waals surface area contributed by atoms with Gasteiger partial charge in [-0.15, -0.1) is 0 Å². The van der Waals surface area contributed by atoms with E-state index in [1.165, 1.54) is 13.8 Å². The summed E-state index contributed by atoms with van der Waals surface area (Å²) in [7, 11) is 0. The predicted molar refractivity (Wildman–Crippen MR) is 100 cm³/mol. The van der Waals surface area contributed by atoms with Gasteiger partial charge in [-0.3, -0.25) is 19.2 Å². The molecule has 1 aliphatic heterocycles. The topological polar surface area (TPSA) is 90.0 Å². The van der Waals surface area contributed by atoms with Crippen LogP contribution in [0.4, 0.5) is 0 Å². The molecular weight excluding hydrogens is 362 g/mol. The van der Waals surface area contributed by atoms with Gasteiger partial charge in [0, 0.05) is 50.8 Å². The molecule has 1 heterocycles. The Morgan fingerprint density at radius 1 is 1.21 bits per heavy atom. The SMILES string of the molecule is CC(=O)O[C@H]1C[C@@](C)(OC(C)=O)C[C@H]2CC(=O)/C3=C/CCN(C=O)CCC[C@@]321. The number of amides is 1. The number of ketones is 1. The molecule has 7 heteroatoms. The summed E-state index contributed by atoms with van der Waals surface area (Å²) >= 11 is 0. The summed E-state index contributed by atoms with van der Waals surface area (Å²) in [4.78, 5) is 49.5. The molecular formula is C21H29NO6. The second-order valence-corrected chi connectivity index (χ2v) is 8.57. The van der Waals surface area contributed by atoms with Gasteiger partial charge in [0.15, 0.2) is 5.78 Å². The van der Waals surface area contributed by atoms with Gasteiger partial charge < -0.3 is 14.4 Å². The van der Waals surface area contributed by atoms with Crippen molar-refractivity contribution in [2.45, 2.75) is 71.0 Å². The molecule has 0 aromatic heterocycles. The molecule has 1 spiro atoms. The maximum absolute atomic E-state index is 13.0. The lowest BCUT2D eigenvalue weighted by atomic mass is 9.58. The van der Waals surface area contributed by atoms with Crippen LogP contribution in [0.3, 0.4) is 0 Å².